The number of hydrogen-bond acceptors (Lipinski definition) is 3. The Balaban J connectivity index is 0. The molecule has 58 valence electrons. The van der Waals surface area contributed by atoms with Gasteiger partial charge in [0.2, 0.25) is 0 Å². The van der Waals surface area contributed by atoms with E-state index in [9.17, 15) is 0 Å². The topological polar surface area (TPSA) is 74.6 Å². The third kappa shape index (κ3) is 214. The molecule has 0 heterocycles. The molecular formula is C3H10O4S2. The first-order valence-corrected chi connectivity index (χ1v) is 4.25. The van der Waals surface area contributed by atoms with Gasteiger partial charge in [0, 0.05) is 0 Å². The van der Waals surface area contributed by atoms with E-state index >= 15 is 0 Å². The summed E-state index contributed by atoms with van der Waals surface area (Å²) in [6.45, 7) is 2.10. The Hall–Kier alpha value is 0.220. The van der Waals surface area contributed by atoms with Gasteiger partial charge in [-0.3, -0.25) is 9.11 Å². The van der Waals surface area contributed by atoms with E-state index in [1.54, 1.807) is 0 Å². The van der Waals surface area contributed by atoms with Crippen molar-refractivity contribution in [1.82, 2.24) is 0 Å². The fourth-order valence-electron chi connectivity index (χ4n) is 0. The molecule has 9 heavy (non-hydrogen) atoms. The van der Waals surface area contributed by atoms with E-state index in [4.69, 9.17) is 17.5 Å². The van der Waals surface area contributed by atoms with Crippen LogP contribution in [0.3, 0.4) is 0 Å². The highest BCUT2D eigenvalue weighted by Gasteiger charge is 1.84. The van der Waals surface area contributed by atoms with Gasteiger partial charge in [0.15, 0.2) is 0 Å². The summed E-state index contributed by atoms with van der Waals surface area (Å²) in [5, 5.41) is 0. The molecule has 0 saturated heterocycles. The van der Waals surface area contributed by atoms with Crippen LogP contribution in [0.2, 0.25) is 0 Å². The zero-order chi connectivity index (χ0) is 7.91. The maximum atomic E-state index is 8.74. The van der Waals surface area contributed by atoms with E-state index in [1.165, 1.54) is 6.42 Å². The molecule has 0 radical (unpaired) electrons. The second-order valence-corrected chi connectivity index (χ2v) is 2.51. The fourth-order valence-corrected chi connectivity index (χ4v) is 0. The third-order valence-electron chi connectivity index (χ3n) is 0.224. The molecule has 0 bridgehead atoms. The van der Waals surface area contributed by atoms with E-state index in [1.807, 2.05) is 0 Å². The first-order valence-electron chi connectivity index (χ1n) is 2.22. The zero-order valence-corrected chi connectivity index (χ0v) is 6.69. The van der Waals surface area contributed by atoms with Gasteiger partial charge in [-0.1, -0.05) is 6.92 Å². The molecule has 0 aliphatic carbocycles. The lowest BCUT2D eigenvalue weighted by Gasteiger charge is -1.68. The van der Waals surface area contributed by atoms with Gasteiger partial charge in [-0.05, 0) is 12.2 Å². The maximum absolute atomic E-state index is 8.74. The molecule has 0 aliphatic heterocycles. The van der Waals surface area contributed by atoms with Crippen LogP contribution in [0.1, 0.15) is 13.3 Å². The fraction of sp³-hybridized carbons (Fsp3) is 1.00. The van der Waals surface area contributed by atoms with Crippen molar-refractivity contribution >= 4 is 23.0 Å². The lowest BCUT2D eigenvalue weighted by Crippen LogP contribution is -1.89. The Kier molecular flexibility index (Phi) is 8.42. The van der Waals surface area contributed by atoms with Crippen LogP contribution in [0.15, 0.2) is 0 Å². The number of thiol groups is 1. The summed E-state index contributed by atoms with van der Waals surface area (Å²) >= 11 is 3.92. The second kappa shape index (κ2) is 6.34. The summed E-state index contributed by atoms with van der Waals surface area (Å²) in [7, 11) is -4.67. The first-order chi connectivity index (χ1) is 3.91. The summed E-state index contributed by atoms with van der Waals surface area (Å²) in [5.74, 6) is 1.01. The highest BCUT2D eigenvalue weighted by atomic mass is 32.3. The van der Waals surface area contributed by atoms with Gasteiger partial charge in [-0.2, -0.15) is 21.0 Å². The van der Waals surface area contributed by atoms with Gasteiger partial charge in [0.05, 0.1) is 0 Å². The van der Waals surface area contributed by atoms with Crippen molar-refractivity contribution in [3.8, 4) is 0 Å². The van der Waals surface area contributed by atoms with E-state index in [0.717, 1.165) is 5.75 Å². The minimum atomic E-state index is -4.67. The molecule has 2 N–H and O–H groups in total. The summed E-state index contributed by atoms with van der Waals surface area (Å²) < 4.78 is 31.6. The minimum absolute atomic E-state index is 1.01. The van der Waals surface area contributed by atoms with Crippen molar-refractivity contribution < 1.29 is 17.5 Å². The molecule has 0 aliphatic rings. The summed E-state index contributed by atoms with van der Waals surface area (Å²) in [6, 6.07) is 0. The number of hydrogen-bond donors (Lipinski definition) is 3. The van der Waals surface area contributed by atoms with E-state index < -0.39 is 10.4 Å². The van der Waals surface area contributed by atoms with Crippen molar-refractivity contribution in [3.05, 3.63) is 0 Å². The van der Waals surface area contributed by atoms with Gasteiger partial charge in [0.25, 0.3) is 0 Å². The van der Waals surface area contributed by atoms with Crippen molar-refractivity contribution in [2.45, 2.75) is 13.3 Å². The van der Waals surface area contributed by atoms with E-state index in [0.29, 0.717) is 0 Å². The van der Waals surface area contributed by atoms with Crippen LogP contribution in [0, 0.1) is 0 Å². The van der Waals surface area contributed by atoms with Gasteiger partial charge in [-0.15, -0.1) is 0 Å². The average molecular weight is 174 g/mol. The smallest absolute Gasteiger partial charge is 0.264 e. The van der Waals surface area contributed by atoms with Gasteiger partial charge >= 0.3 is 10.4 Å². The SMILES string of the molecule is CCCS.O=S(=O)(O)O. The molecule has 0 fully saturated rings. The summed E-state index contributed by atoms with van der Waals surface area (Å²) in [5.41, 5.74) is 0. The molecule has 0 amide bonds. The Morgan fingerprint density at radius 1 is 1.44 bits per heavy atom. The minimum Gasteiger partial charge on any atom is -0.264 e. The molecule has 0 rings (SSSR count). The van der Waals surface area contributed by atoms with E-state index in [-0.39, 0.29) is 0 Å². The summed E-state index contributed by atoms with van der Waals surface area (Å²) in [6.07, 6.45) is 1.18. The molecule has 4 nitrogen and oxygen atoms in total. The van der Waals surface area contributed by atoms with Gasteiger partial charge in [0.1, 0.15) is 0 Å². The van der Waals surface area contributed by atoms with Crippen LogP contribution < -0.4 is 0 Å². The third-order valence-corrected chi connectivity index (χ3v) is 0.671. The molecule has 0 spiro atoms. The molecule has 0 unspecified atom stereocenters. The largest absolute Gasteiger partial charge is 0.394 e. The molecule has 0 saturated carbocycles. The Morgan fingerprint density at radius 3 is 1.56 bits per heavy atom. The molecule has 6 heteroatoms. The lowest BCUT2D eigenvalue weighted by atomic mass is 10.6. The van der Waals surface area contributed by atoms with Crippen LogP contribution in [0.4, 0.5) is 0 Å². The van der Waals surface area contributed by atoms with Crippen molar-refractivity contribution in [2.75, 3.05) is 5.75 Å². The van der Waals surface area contributed by atoms with Crippen LogP contribution in [0.5, 0.6) is 0 Å². The maximum Gasteiger partial charge on any atom is 0.394 e. The second-order valence-electron chi connectivity index (χ2n) is 1.17. The Morgan fingerprint density at radius 2 is 1.56 bits per heavy atom. The zero-order valence-electron chi connectivity index (χ0n) is 4.98. The number of rotatable bonds is 1. The van der Waals surface area contributed by atoms with Crippen molar-refractivity contribution in [2.24, 2.45) is 0 Å². The predicted octanol–water partition coefficient (Wildman–Crippen LogP) is 0.673. The molecule has 0 aromatic carbocycles. The normalized spacial score (nSPS) is 9.78. The Labute approximate surface area is 60.3 Å². The van der Waals surface area contributed by atoms with Gasteiger partial charge < -0.3 is 0 Å². The van der Waals surface area contributed by atoms with Crippen molar-refractivity contribution in [1.29, 1.82) is 0 Å². The standard InChI is InChI=1S/C3H8S.H2O4S/c1-2-3-4;1-5(2,3)4/h4H,2-3H2,1H3;(H2,1,2,3,4). The van der Waals surface area contributed by atoms with Crippen LogP contribution in [-0.2, 0) is 10.4 Å². The first kappa shape index (κ1) is 12.0. The highest BCUT2D eigenvalue weighted by Crippen LogP contribution is 1.74. The monoisotopic (exact) mass is 174 g/mol. The van der Waals surface area contributed by atoms with Crippen LogP contribution in [-0.4, -0.2) is 23.3 Å². The molecule has 0 aromatic heterocycles. The van der Waals surface area contributed by atoms with Crippen molar-refractivity contribution in [3.63, 3.8) is 0 Å². The molecule has 0 atom stereocenters. The Bertz CT molecular complexity index is 117. The van der Waals surface area contributed by atoms with Crippen LogP contribution in [0.25, 0.3) is 0 Å². The molecular weight excluding hydrogens is 164 g/mol. The van der Waals surface area contributed by atoms with E-state index in [2.05, 4.69) is 19.6 Å². The average Bonchev–Trinajstić information content (AvgIpc) is 1.61. The highest BCUT2D eigenvalue weighted by molar-refractivity contribution is 7.80. The lowest BCUT2D eigenvalue weighted by molar-refractivity contribution is 0.381. The quantitative estimate of drug-likeness (QED) is 0.403. The summed E-state index contributed by atoms with van der Waals surface area (Å²) in [4.78, 5) is 0. The van der Waals surface area contributed by atoms with Gasteiger partial charge in [-0.25, -0.2) is 0 Å². The van der Waals surface area contributed by atoms with Crippen LogP contribution >= 0.6 is 12.6 Å². The predicted molar refractivity (Wildman–Crippen MR) is 38.3 cm³/mol. The molecule has 0 aromatic rings.